The highest BCUT2D eigenvalue weighted by Gasteiger charge is 2.43. The van der Waals surface area contributed by atoms with Gasteiger partial charge in [0.15, 0.2) is 0 Å². The molecule has 18 heavy (non-hydrogen) atoms. The third-order valence-corrected chi connectivity index (χ3v) is 6.24. The SMILES string of the molecule is CC1CCCC(C#N)(C(O)c2cc(Br)c(Cl)s2)C1. The zero-order valence-corrected chi connectivity index (χ0v) is 13.3. The molecule has 1 aromatic rings. The highest BCUT2D eigenvalue weighted by molar-refractivity contribution is 9.10. The van der Waals surface area contributed by atoms with Crippen LogP contribution in [0.3, 0.4) is 0 Å². The van der Waals surface area contributed by atoms with E-state index in [1.165, 1.54) is 11.3 Å². The van der Waals surface area contributed by atoms with Crippen LogP contribution in [0.15, 0.2) is 10.5 Å². The standard InChI is InChI=1S/C13H15BrClNOS/c1-8-3-2-4-13(6-8,7-16)11(17)10-5-9(14)12(15)18-10/h5,8,11,17H,2-4,6H2,1H3. The summed E-state index contributed by atoms with van der Waals surface area (Å²) < 4.78 is 1.42. The molecule has 1 aromatic heterocycles. The number of nitrogens with zero attached hydrogens (tertiary/aromatic N) is 1. The number of aliphatic hydroxyl groups excluding tert-OH is 1. The molecule has 0 saturated heterocycles. The van der Waals surface area contributed by atoms with Crippen LogP contribution < -0.4 is 0 Å². The van der Waals surface area contributed by atoms with Crippen molar-refractivity contribution in [1.82, 2.24) is 0 Å². The van der Waals surface area contributed by atoms with Crippen molar-refractivity contribution in [2.24, 2.45) is 11.3 Å². The number of rotatable bonds is 2. The molecule has 3 unspecified atom stereocenters. The number of nitriles is 1. The molecule has 2 rings (SSSR count). The maximum absolute atomic E-state index is 10.6. The van der Waals surface area contributed by atoms with Gasteiger partial charge in [0.25, 0.3) is 0 Å². The van der Waals surface area contributed by atoms with E-state index in [0.29, 0.717) is 10.3 Å². The fourth-order valence-corrected chi connectivity index (χ4v) is 4.61. The monoisotopic (exact) mass is 347 g/mol. The van der Waals surface area contributed by atoms with Gasteiger partial charge in [-0.25, -0.2) is 0 Å². The Hall–Kier alpha value is -0.0800. The zero-order chi connectivity index (χ0) is 13.3. The van der Waals surface area contributed by atoms with E-state index >= 15 is 0 Å². The van der Waals surface area contributed by atoms with Crippen LogP contribution in [0.4, 0.5) is 0 Å². The molecule has 1 N–H and O–H groups in total. The van der Waals surface area contributed by atoms with Crippen molar-refractivity contribution in [1.29, 1.82) is 5.26 Å². The van der Waals surface area contributed by atoms with Crippen molar-refractivity contribution in [2.45, 2.75) is 38.7 Å². The summed E-state index contributed by atoms with van der Waals surface area (Å²) in [6.07, 6.45) is 2.94. The second-order valence-corrected chi connectivity index (χ2v) is 7.68. The number of halogens is 2. The lowest BCUT2D eigenvalue weighted by atomic mass is 9.67. The first-order chi connectivity index (χ1) is 8.48. The molecule has 1 saturated carbocycles. The normalized spacial score (nSPS) is 29.8. The van der Waals surface area contributed by atoms with Crippen LogP contribution in [-0.2, 0) is 0 Å². The molecule has 0 bridgehead atoms. The average Bonchev–Trinajstić information content (AvgIpc) is 2.68. The van der Waals surface area contributed by atoms with Crippen LogP contribution in [-0.4, -0.2) is 5.11 Å². The fourth-order valence-electron chi connectivity index (χ4n) is 2.77. The van der Waals surface area contributed by atoms with E-state index in [4.69, 9.17) is 11.6 Å². The van der Waals surface area contributed by atoms with Crippen molar-refractivity contribution in [3.05, 3.63) is 19.8 Å². The minimum Gasteiger partial charge on any atom is -0.386 e. The largest absolute Gasteiger partial charge is 0.386 e. The van der Waals surface area contributed by atoms with E-state index in [2.05, 4.69) is 28.9 Å². The van der Waals surface area contributed by atoms with Gasteiger partial charge in [0.2, 0.25) is 0 Å². The Balaban J connectivity index is 2.30. The minimum atomic E-state index is -0.737. The van der Waals surface area contributed by atoms with Crippen molar-refractivity contribution < 1.29 is 5.11 Å². The molecule has 0 amide bonds. The Morgan fingerprint density at radius 1 is 1.72 bits per heavy atom. The van der Waals surface area contributed by atoms with Gasteiger partial charge in [0.1, 0.15) is 10.4 Å². The van der Waals surface area contributed by atoms with E-state index in [9.17, 15) is 10.4 Å². The van der Waals surface area contributed by atoms with Gasteiger partial charge >= 0.3 is 0 Å². The molecule has 5 heteroatoms. The van der Waals surface area contributed by atoms with E-state index in [-0.39, 0.29) is 0 Å². The van der Waals surface area contributed by atoms with E-state index in [0.717, 1.165) is 35.0 Å². The number of thiophene rings is 1. The minimum absolute atomic E-state index is 0.493. The topological polar surface area (TPSA) is 44.0 Å². The van der Waals surface area contributed by atoms with Gasteiger partial charge in [-0.1, -0.05) is 31.4 Å². The van der Waals surface area contributed by atoms with Crippen LogP contribution in [0.5, 0.6) is 0 Å². The van der Waals surface area contributed by atoms with Crippen molar-refractivity contribution in [3.63, 3.8) is 0 Å². The molecule has 3 atom stereocenters. The molecule has 98 valence electrons. The van der Waals surface area contributed by atoms with Crippen molar-refractivity contribution in [2.75, 3.05) is 0 Å². The fraction of sp³-hybridized carbons (Fsp3) is 0.615. The van der Waals surface area contributed by atoms with Crippen molar-refractivity contribution >= 4 is 38.9 Å². The molecule has 1 fully saturated rings. The maximum Gasteiger partial charge on any atom is 0.107 e. The second-order valence-electron chi connectivity index (χ2n) is 5.14. The lowest BCUT2D eigenvalue weighted by Gasteiger charge is -2.37. The molecular weight excluding hydrogens is 334 g/mol. The molecule has 0 spiro atoms. The summed E-state index contributed by atoms with van der Waals surface area (Å²) >= 11 is 10.7. The van der Waals surface area contributed by atoms with Gasteiger partial charge < -0.3 is 5.11 Å². The summed E-state index contributed by atoms with van der Waals surface area (Å²) in [5, 5.41) is 20.1. The molecule has 0 radical (unpaired) electrons. The smallest absolute Gasteiger partial charge is 0.107 e. The predicted octanol–water partition coefficient (Wildman–Crippen LogP) is 4.92. The highest BCUT2D eigenvalue weighted by atomic mass is 79.9. The summed E-state index contributed by atoms with van der Waals surface area (Å²) in [6.45, 7) is 2.15. The third kappa shape index (κ3) is 2.60. The molecule has 1 aliphatic carbocycles. The zero-order valence-electron chi connectivity index (χ0n) is 10.1. The third-order valence-electron chi connectivity index (χ3n) is 3.71. The van der Waals surface area contributed by atoms with Crippen LogP contribution in [0.1, 0.15) is 43.6 Å². The first-order valence-corrected chi connectivity index (χ1v) is 8.01. The Morgan fingerprint density at radius 2 is 2.44 bits per heavy atom. The van der Waals surface area contributed by atoms with Gasteiger partial charge in [-0.15, -0.1) is 11.3 Å². The number of hydrogen-bond acceptors (Lipinski definition) is 3. The summed E-state index contributed by atoms with van der Waals surface area (Å²) in [5.74, 6) is 0.493. The molecule has 0 aliphatic heterocycles. The molecular formula is C13H15BrClNOS. The second kappa shape index (κ2) is 5.50. The van der Waals surface area contributed by atoms with Gasteiger partial charge in [-0.3, -0.25) is 0 Å². The first kappa shape index (κ1) is 14.3. The lowest BCUT2D eigenvalue weighted by molar-refractivity contribution is 0.0244. The number of hydrogen-bond donors (Lipinski definition) is 1. The van der Waals surface area contributed by atoms with Gasteiger partial charge in [0, 0.05) is 9.35 Å². The summed E-state index contributed by atoms with van der Waals surface area (Å²) in [4.78, 5) is 0.780. The number of aliphatic hydroxyl groups is 1. The molecule has 1 aliphatic rings. The first-order valence-electron chi connectivity index (χ1n) is 6.02. The Morgan fingerprint density at radius 3 is 2.94 bits per heavy atom. The van der Waals surface area contributed by atoms with Crippen LogP contribution >= 0.6 is 38.9 Å². The Kier molecular flexibility index (Phi) is 4.38. The van der Waals surface area contributed by atoms with Gasteiger partial charge in [-0.05, 0) is 40.8 Å². The van der Waals surface area contributed by atoms with Crippen LogP contribution in [0, 0.1) is 22.7 Å². The predicted molar refractivity (Wildman–Crippen MR) is 77.7 cm³/mol. The molecule has 0 aromatic carbocycles. The Labute approximate surface area is 125 Å². The average molecular weight is 349 g/mol. The van der Waals surface area contributed by atoms with Crippen molar-refractivity contribution in [3.8, 4) is 6.07 Å². The van der Waals surface area contributed by atoms with Crippen LogP contribution in [0.25, 0.3) is 0 Å². The quantitative estimate of drug-likeness (QED) is 0.824. The lowest BCUT2D eigenvalue weighted by Crippen LogP contribution is -2.32. The summed E-state index contributed by atoms with van der Waals surface area (Å²) in [7, 11) is 0. The van der Waals surface area contributed by atoms with E-state index in [1.54, 1.807) is 0 Å². The highest BCUT2D eigenvalue weighted by Crippen LogP contribution is 2.50. The van der Waals surface area contributed by atoms with Gasteiger partial charge in [0.05, 0.1) is 11.5 Å². The molecule has 2 nitrogen and oxygen atoms in total. The van der Waals surface area contributed by atoms with Crippen LogP contribution in [0.2, 0.25) is 4.34 Å². The summed E-state index contributed by atoms with van der Waals surface area (Å²) in [5.41, 5.74) is -0.648. The Bertz CT molecular complexity index is 464. The van der Waals surface area contributed by atoms with Gasteiger partial charge in [-0.2, -0.15) is 5.26 Å². The summed E-state index contributed by atoms with van der Waals surface area (Å²) in [6, 6.07) is 4.20. The maximum atomic E-state index is 10.6. The van der Waals surface area contributed by atoms with E-state index in [1.807, 2.05) is 6.07 Å². The van der Waals surface area contributed by atoms with E-state index < -0.39 is 11.5 Å². The molecule has 1 heterocycles.